The maximum Gasteiger partial charge on any atom is 0.339 e. The highest BCUT2D eigenvalue weighted by atomic mass is 16.4. The van der Waals surface area contributed by atoms with E-state index in [2.05, 4.69) is 5.32 Å². The average molecular weight is 365 g/mol. The van der Waals surface area contributed by atoms with Gasteiger partial charge in [-0.2, -0.15) is 0 Å². The van der Waals surface area contributed by atoms with Gasteiger partial charge in [0.25, 0.3) is 0 Å². The molecule has 0 spiro atoms. The first-order valence-electron chi connectivity index (χ1n) is 8.76. The summed E-state index contributed by atoms with van der Waals surface area (Å²) in [4.78, 5) is 24.5. The van der Waals surface area contributed by atoms with E-state index in [0.717, 1.165) is 21.9 Å². The molecule has 0 saturated heterocycles. The molecule has 1 aromatic carbocycles. The number of hydrogen-bond acceptors (Lipinski definition) is 5. The summed E-state index contributed by atoms with van der Waals surface area (Å²) in [6, 6.07) is 7.28. The van der Waals surface area contributed by atoms with E-state index in [9.17, 15) is 9.59 Å². The van der Waals surface area contributed by atoms with Gasteiger partial charge < -0.3 is 18.6 Å². The van der Waals surface area contributed by atoms with Gasteiger partial charge in [-0.1, -0.05) is 0 Å². The first-order valence-corrected chi connectivity index (χ1v) is 8.76. The Labute approximate surface area is 154 Å². The van der Waals surface area contributed by atoms with E-state index >= 15 is 0 Å². The molecule has 0 unspecified atom stereocenters. The zero-order valence-electron chi connectivity index (χ0n) is 15.1. The van der Waals surface area contributed by atoms with Gasteiger partial charge in [-0.15, -0.1) is 0 Å². The molecule has 27 heavy (non-hydrogen) atoms. The van der Waals surface area contributed by atoms with Crippen LogP contribution >= 0.6 is 0 Å². The van der Waals surface area contributed by atoms with Crippen molar-refractivity contribution < 1.29 is 18.0 Å². The van der Waals surface area contributed by atoms with Crippen LogP contribution < -0.4 is 10.9 Å². The Bertz CT molecular complexity index is 1180. The van der Waals surface area contributed by atoms with E-state index < -0.39 is 5.63 Å². The van der Waals surface area contributed by atoms with E-state index in [1.807, 2.05) is 19.9 Å². The Kier molecular flexibility index (Phi) is 4.32. The second-order valence-corrected chi connectivity index (χ2v) is 6.61. The molecule has 0 atom stereocenters. The third-order valence-corrected chi connectivity index (χ3v) is 4.82. The number of carbonyl (C=O) groups excluding carboxylic acids is 1. The maximum atomic E-state index is 12.4. The summed E-state index contributed by atoms with van der Waals surface area (Å²) in [6.45, 7) is 4.18. The van der Waals surface area contributed by atoms with Crippen LogP contribution in [0.2, 0.25) is 0 Å². The van der Waals surface area contributed by atoms with Gasteiger partial charge >= 0.3 is 5.63 Å². The molecule has 4 aromatic rings. The van der Waals surface area contributed by atoms with Gasteiger partial charge in [0, 0.05) is 28.8 Å². The molecule has 4 rings (SSSR count). The molecule has 0 fully saturated rings. The number of furan rings is 2. The van der Waals surface area contributed by atoms with E-state index in [0.29, 0.717) is 35.5 Å². The number of nitrogens with one attached hydrogen (secondary N) is 1. The van der Waals surface area contributed by atoms with Crippen molar-refractivity contribution in [2.75, 3.05) is 0 Å². The third-order valence-electron chi connectivity index (χ3n) is 4.82. The zero-order chi connectivity index (χ0) is 19.0. The summed E-state index contributed by atoms with van der Waals surface area (Å²) in [5.74, 6) is 0.538. The summed E-state index contributed by atoms with van der Waals surface area (Å²) in [5.41, 5.74) is 3.15. The van der Waals surface area contributed by atoms with Gasteiger partial charge in [-0.05, 0) is 49.6 Å². The largest absolute Gasteiger partial charge is 0.467 e. The second kappa shape index (κ2) is 6.79. The van der Waals surface area contributed by atoms with Crippen molar-refractivity contribution in [3.63, 3.8) is 0 Å². The number of aryl methyl sites for hydroxylation is 2. The Hall–Kier alpha value is -3.28. The van der Waals surface area contributed by atoms with Gasteiger partial charge in [-0.3, -0.25) is 4.79 Å². The van der Waals surface area contributed by atoms with Crippen LogP contribution in [-0.4, -0.2) is 5.91 Å². The molecule has 0 radical (unpaired) electrons. The number of rotatable bonds is 5. The predicted molar refractivity (Wildman–Crippen MR) is 101 cm³/mol. The highest BCUT2D eigenvalue weighted by Crippen LogP contribution is 2.28. The molecular weight excluding hydrogens is 346 g/mol. The summed E-state index contributed by atoms with van der Waals surface area (Å²) in [6.07, 6.45) is 3.76. The molecule has 1 N–H and O–H groups in total. The second-order valence-electron chi connectivity index (χ2n) is 6.61. The van der Waals surface area contributed by atoms with Crippen LogP contribution in [0, 0.1) is 13.8 Å². The fraction of sp³-hybridized carbons (Fsp3) is 0.238. The van der Waals surface area contributed by atoms with Crippen molar-refractivity contribution >= 4 is 27.8 Å². The quantitative estimate of drug-likeness (QED) is 0.540. The normalized spacial score (nSPS) is 11.3. The molecule has 0 bridgehead atoms. The lowest BCUT2D eigenvalue weighted by Gasteiger charge is -2.08. The molecule has 1 amide bonds. The Morgan fingerprint density at radius 2 is 1.96 bits per heavy atom. The Morgan fingerprint density at radius 3 is 2.74 bits per heavy atom. The molecule has 6 heteroatoms. The zero-order valence-corrected chi connectivity index (χ0v) is 15.1. The molecule has 0 saturated carbocycles. The monoisotopic (exact) mass is 365 g/mol. The maximum absolute atomic E-state index is 12.4. The Balaban J connectivity index is 1.57. The summed E-state index contributed by atoms with van der Waals surface area (Å²) in [5, 5.41) is 4.63. The summed E-state index contributed by atoms with van der Waals surface area (Å²) >= 11 is 0. The first-order chi connectivity index (χ1) is 13.0. The van der Waals surface area contributed by atoms with Crippen LogP contribution in [0.3, 0.4) is 0 Å². The fourth-order valence-corrected chi connectivity index (χ4v) is 3.25. The third kappa shape index (κ3) is 3.26. The minimum Gasteiger partial charge on any atom is -0.467 e. The van der Waals surface area contributed by atoms with Gasteiger partial charge in [0.05, 0.1) is 19.1 Å². The number of amides is 1. The Morgan fingerprint density at radius 1 is 1.11 bits per heavy atom. The highest BCUT2D eigenvalue weighted by Gasteiger charge is 2.15. The van der Waals surface area contributed by atoms with Crippen molar-refractivity contribution in [2.45, 2.75) is 33.2 Å². The number of carbonyl (C=O) groups is 1. The standard InChI is InChI=1S/C21H19NO5/c1-12-11-26-18-9-19-17(8-16(12)18)13(2)15(21(24)27-19)5-6-20(23)22-10-14-4-3-7-25-14/h3-4,7-9,11H,5-6,10H2,1-2H3,(H,22,23). The fourth-order valence-electron chi connectivity index (χ4n) is 3.25. The van der Waals surface area contributed by atoms with Crippen LogP contribution in [-0.2, 0) is 17.8 Å². The highest BCUT2D eigenvalue weighted by molar-refractivity contribution is 5.96. The number of fused-ring (bicyclic) bond motifs is 2. The van der Waals surface area contributed by atoms with Gasteiger partial charge in [0.2, 0.25) is 5.91 Å². The average Bonchev–Trinajstić information content (AvgIpc) is 3.29. The smallest absolute Gasteiger partial charge is 0.339 e. The lowest BCUT2D eigenvalue weighted by Crippen LogP contribution is -2.24. The predicted octanol–water partition coefficient (Wildman–Crippen LogP) is 4.00. The van der Waals surface area contributed by atoms with Crippen molar-refractivity contribution in [2.24, 2.45) is 0 Å². The van der Waals surface area contributed by atoms with E-state index in [1.54, 1.807) is 30.7 Å². The number of benzene rings is 1. The summed E-state index contributed by atoms with van der Waals surface area (Å²) in [7, 11) is 0. The molecular formula is C21H19NO5. The van der Waals surface area contributed by atoms with Crippen molar-refractivity contribution in [1.82, 2.24) is 5.32 Å². The van der Waals surface area contributed by atoms with Gasteiger partial charge in [-0.25, -0.2) is 4.79 Å². The van der Waals surface area contributed by atoms with E-state index in [4.69, 9.17) is 13.3 Å². The number of hydrogen-bond donors (Lipinski definition) is 1. The van der Waals surface area contributed by atoms with Crippen LogP contribution in [0.1, 0.15) is 28.9 Å². The van der Waals surface area contributed by atoms with Gasteiger partial charge in [0.15, 0.2) is 0 Å². The van der Waals surface area contributed by atoms with Crippen LogP contribution in [0.25, 0.3) is 21.9 Å². The van der Waals surface area contributed by atoms with Crippen LogP contribution in [0.15, 0.2) is 54.8 Å². The molecule has 138 valence electrons. The molecule has 0 aliphatic heterocycles. The van der Waals surface area contributed by atoms with Gasteiger partial charge in [0.1, 0.15) is 16.9 Å². The topological polar surface area (TPSA) is 85.6 Å². The lowest BCUT2D eigenvalue weighted by molar-refractivity contribution is -0.121. The van der Waals surface area contributed by atoms with Crippen molar-refractivity contribution in [1.29, 1.82) is 0 Å². The van der Waals surface area contributed by atoms with Crippen molar-refractivity contribution in [3.05, 3.63) is 69.7 Å². The molecule has 3 heterocycles. The molecule has 6 nitrogen and oxygen atoms in total. The minimum atomic E-state index is -0.415. The van der Waals surface area contributed by atoms with E-state index in [1.165, 1.54) is 0 Å². The molecule has 0 aliphatic rings. The van der Waals surface area contributed by atoms with E-state index in [-0.39, 0.29) is 12.3 Å². The van der Waals surface area contributed by atoms with Crippen LogP contribution in [0.5, 0.6) is 0 Å². The van der Waals surface area contributed by atoms with Crippen LogP contribution in [0.4, 0.5) is 0 Å². The molecule has 0 aliphatic carbocycles. The first kappa shape index (κ1) is 17.1. The minimum absolute atomic E-state index is 0.147. The summed E-state index contributed by atoms with van der Waals surface area (Å²) < 4.78 is 16.1. The SMILES string of the molecule is Cc1coc2cc3oc(=O)c(CCC(=O)NCc4ccco4)c(C)c3cc12. The molecule has 3 aromatic heterocycles. The lowest BCUT2D eigenvalue weighted by atomic mass is 10.0. The van der Waals surface area contributed by atoms with Crippen molar-refractivity contribution in [3.8, 4) is 0 Å².